The number of ether oxygens (including phenoxy) is 1. The number of nitrogens with zero attached hydrogens (tertiary/aromatic N) is 1. The van der Waals surface area contributed by atoms with E-state index in [4.69, 9.17) is 4.74 Å². The Morgan fingerprint density at radius 2 is 2.15 bits per heavy atom. The molecule has 0 aliphatic heterocycles. The van der Waals surface area contributed by atoms with Crippen LogP contribution in [0.5, 0.6) is 0 Å². The molecule has 0 aliphatic rings. The van der Waals surface area contributed by atoms with E-state index in [1.54, 1.807) is 18.7 Å². The Hall–Kier alpha value is -1.31. The smallest absolute Gasteiger partial charge is 0.0873 e. The second-order valence-corrected chi connectivity index (χ2v) is 2.81. The SMILES string of the molecule is CCCCO/C=C/c1ccncc1. The fourth-order valence-corrected chi connectivity index (χ4v) is 0.897. The molecule has 0 spiro atoms. The van der Waals surface area contributed by atoms with Crippen molar-refractivity contribution in [2.45, 2.75) is 19.8 Å². The first kappa shape index (κ1) is 9.78. The summed E-state index contributed by atoms with van der Waals surface area (Å²) in [6.07, 6.45) is 9.50. The molecule has 0 amide bonds. The van der Waals surface area contributed by atoms with Gasteiger partial charge in [0.15, 0.2) is 0 Å². The lowest BCUT2D eigenvalue weighted by atomic mass is 10.3. The highest BCUT2D eigenvalue weighted by Crippen LogP contribution is 1.99. The predicted octanol–water partition coefficient (Wildman–Crippen LogP) is 2.87. The fourth-order valence-electron chi connectivity index (χ4n) is 0.897. The molecule has 0 fully saturated rings. The summed E-state index contributed by atoms with van der Waals surface area (Å²) in [5.41, 5.74) is 1.12. The second kappa shape index (κ2) is 6.23. The molecule has 2 heteroatoms. The lowest BCUT2D eigenvalue weighted by Gasteiger charge is -1.97. The molecule has 1 rings (SSSR count). The maximum Gasteiger partial charge on any atom is 0.0873 e. The van der Waals surface area contributed by atoms with Gasteiger partial charge in [0.05, 0.1) is 12.9 Å². The molecule has 0 saturated carbocycles. The van der Waals surface area contributed by atoms with Gasteiger partial charge < -0.3 is 4.74 Å². The molecule has 0 bridgehead atoms. The van der Waals surface area contributed by atoms with E-state index < -0.39 is 0 Å². The molecule has 0 atom stereocenters. The third-order valence-electron chi connectivity index (χ3n) is 1.68. The fraction of sp³-hybridized carbons (Fsp3) is 0.364. The zero-order valence-electron chi connectivity index (χ0n) is 7.94. The van der Waals surface area contributed by atoms with Gasteiger partial charge in [0, 0.05) is 12.4 Å². The van der Waals surface area contributed by atoms with Crippen LogP contribution in [0, 0.1) is 0 Å². The largest absolute Gasteiger partial charge is 0.501 e. The number of pyridine rings is 1. The van der Waals surface area contributed by atoms with Crippen LogP contribution in [0.1, 0.15) is 25.3 Å². The summed E-state index contributed by atoms with van der Waals surface area (Å²) >= 11 is 0. The summed E-state index contributed by atoms with van der Waals surface area (Å²) in [6.45, 7) is 2.95. The third kappa shape index (κ3) is 4.31. The Morgan fingerprint density at radius 1 is 1.38 bits per heavy atom. The van der Waals surface area contributed by atoms with Gasteiger partial charge in [-0.25, -0.2) is 0 Å². The van der Waals surface area contributed by atoms with Crippen molar-refractivity contribution in [3.05, 3.63) is 36.4 Å². The van der Waals surface area contributed by atoms with E-state index in [-0.39, 0.29) is 0 Å². The molecule has 0 radical (unpaired) electrons. The number of rotatable bonds is 5. The van der Waals surface area contributed by atoms with Gasteiger partial charge in [0.25, 0.3) is 0 Å². The molecule has 1 aromatic heterocycles. The number of hydrogen-bond acceptors (Lipinski definition) is 2. The van der Waals surface area contributed by atoms with Gasteiger partial charge in [-0.3, -0.25) is 4.98 Å². The highest BCUT2D eigenvalue weighted by atomic mass is 16.5. The van der Waals surface area contributed by atoms with E-state index in [9.17, 15) is 0 Å². The van der Waals surface area contributed by atoms with Crippen LogP contribution >= 0.6 is 0 Å². The number of unbranched alkanes of at least 4 members (excludes halogenated alkanes) is 1. The molecular weight excluding hydrogens is 162 g/mol. The van der Waals surface area contributed by atoms with Crippen LogP contribution in [0.25, 0.3) is 6.08 Å². The van der Waals surface area contributed by atoms with Crippen molar-refractivity contribution in [2.75, 3.05) is 6.61 Å². The highest BCUT2D eigenvalue weighted by Gasteiger charge is 1.83. The third-order valence-corrected chi connectivity index (χ3v) is 1.68. The topological polar surface area (TPSA) is 22.1 Å². The average molecular weight is 177 g/mol. The van der Waals surface area contributed by atoms with E-state index in [1.807, 2.05) is 18.2 Å². The van der Waals surface area contributed by atoms with Crippen LogP contribution in [0.15, 0.2) is 30.8 Å². The average Bonchev–Trinajstić information content (AvgIpc) is 2.19. The van der Waals surface area contributed by atoms with Crippen molar-refractivity contribution in [1.82, 2.24) is 4.98 Å². The number of aromatic nitrogens is 1. The van der Waals surface area contributed by atoms with Crippen molar-refractivity contribution in [3.63, 3.8) is 0 Å². The van der Waals surface area contributed by atoms with Crippen molar-refractivity contribution < 1.29 is 4.74 Å². The van der Waals surface area contributed by atoms with Crippen molar-refractivity contribution in [2.24, 2.45) is 0 Å². The molecule has 1 heterocycles. The Kier molecular flexibility index (Phi) is 4.69. The molecule has 0 saturated heterocycles. The van der Waals surface area contributed by atoms with Gasteiger partial charge in [-0.2, -0.15) is 0 Å². The van der Waals surface area contributed by atoms with Gasteiger partial charge in [-0.05, 0) is 30.2 Å². The van der Waals surface area contributed by atoms with Crippen LogP contribution in [0.4, 0.5) is 0 Å². The first-order valence-electron chi connectivity index (χ1n) is 4.61. The molecule has 0 N–H and O–H groups in total. The van der Waals surface area contributed by atoms with Gasteiger partial charge in [0.2, 0.25) is 0 Å². The lowest BCUT2D eigenvalue weighted by Crippen LogP contribution is -1.84. The summed E-state index contributed by atoms with van der Waals surface area (Å²) < 4.78 is 5.28. The normalized spacial score (nSPS) is 10.5. The minimum atomic E-state index is 0.804. The molecule has 0 aliphatic carbocycles. The van der Waals surface area contributed by atoms with E-state index in [2.05, 4.69) is 11.9 Å². The van der Waals surface area contributed by atoms with Crippen LogP contribution in [-0.4, -0.2) is 11.6 Å². The minimum absolute atomic E-state index is 0.804. The maximum absolute atomic E-state index is 5.28. The Morgan fingerprint density at radius 3 is 2.85 bits per heavy atom. The van der Waals surface area contributed by atoms with E-state index in [1.165, 1.54) is 6.42 Å². The summed E-state index contributed by atoms with van der Waals surface area (Å²) in [7, 11) is 0. The zero-order chi connectivity index (χ0) is 9.36. The molecule has 13 heavy (non-hydrogen) atoms. The van der Waals surface area contributed by atoms with Crippen molar-refractivity contribution >= 4 is 6.08 Å². The monoisotopic (exact) mass is 177 g/mol. The predicted molar refractivity (Wildman–Crippen MR) is 54.1 cm³/mol. The zero-order valence-corrected chi connectivity index (χ0v) is 7.94. The standard InChI is InChI=1S/C11H15NO/c1-2-3-9-13-10-6-11-4-7-12-8-5-11/h4-8,10H,2-3,9H2,1H3/b10-6+. The summed E-state index contributed by atoms with van der Waals surface area (Å²) in [4.78, 5) is 3.93. The van der Waals surface area contributed by atoms with Crippen molar-refractivity contribution in [1.29, 1.82) is 0 Å². The van der Waals surface area contributed by atoms with Crippen molar-refractivity contribution in [3.8, 4) is 0 Å². The summed E-state index contributed by atoms with van der Waals surface area (Å²) in [6, 6.07) is 3.89. The molecule has 70 valence electrons. The maximum atomic E-state index is 5.28. The highest BCUT2D eigenvalue weighted by molar-refractivity contribution is 5.46. The van der Waals surface area contributed by atoms with Crippen LogP contribution < -0.4 is 0 Å². The molecule has 0 aromatic carbocycles. The molecular formula is C11H15NO. The lowest BCUT2D eigenvalue weighted by molar-refractivity contribution is 0.246. The minimum Gasteiger partial charge on any atom is -0.501 e. The first-order valence-corrected chi connectivity index (χ1v) is 4.61. The Bertz CT molecular complexity index is 244. The van der Waals surface area contributed by atoms with Crippen LogP contribution in [0.3, 0.4) is 0 Å². The molecule has 1 aromatic rings. The van der Waals surface area contributed by atoms with Crippen LogP contribution in [0.2, 0.25) is 0 Å². The molecule has 2 nitrogen and oxygen atoms in total. The van der Waals surface area contributed by atoms with E-state index in [0.717, 1.165) is 18.6 Å². The van der Waals surface area contributed by atoms with Gasteiger partial charge >= 0.3 is 0 Å². The molecule has 0 unspecified atom stereocenters. The summed E-state index contributed by atoms with van der Waals surface area (Å²) in [5, 5.41) is 0. The second-order valence-electron chi connectivity index (χ2n) is 2.81. The van der Waals surface area contributed by atoms with E-state index in [0.29, 0.717) is 0 Å². The Labute approximate surface area is 79.3 Å². The van der Waals surface area contributed by atoms with E-state index >= 15 is 0 Å². The van der Waals surface area contributed by atoms with Crippen LogP contribution in [-0.2, 0) is 4.74 Å². The number of hydrogen-bond donors (Lipinski definition) is 0. The Balaban J connectivity index is 2.25. The quantitative estimate of drug-likeness (QED) is 0.509. The summed E-state index contributed by atoms with van der Waals surface area (Å²) in [5.74, 6) is 0. The van der Waals surface area contributed by atoms with Gasteiger partial charge in [-0.15, -0.1) is 0 Å². The van der Waals surface area contributed by atoms with Gasteiger partial charge in [-0.1, -0.05) is 13.3 Å². The van der Waals surface area contributed by atoms with Gasteiger partial charge in [0.1, 0.15) is 0 Å². The first-order chi connectivity index (χ1) is 6.43.